The number of ether oxygens (including phenoxy) is 2. The number of halogens is 3. The summed E-state index contributed by atoms with van der Waals surface area (Å²) in [6, 6.07) is 4.02. The number of nitrogens with two attached hydrogens (primary N) is 1. The number of benzene rings is 1. The zero-order chi connectivity index (χ0) is 21.6. The normalized spacial score (nSPS) is 14.8. The number of methoxy groups -OCH3 is 1. The smallest absolute Gasteiger partial charge is 0.462 e. The van der Waals surface area contributed by atoms with Gasteiger partial charge < -0.3 is 15.2 Å². The van der Waals surface area contributed by atoms with E-state index < -0.39 is 12.1 Å². The molecule has 3 rings (SSSR count). The van der Waals surface area contributed by atoms with E-state index >= 15 is 0 Å². The van der Waals surface area contributed by atoms with Gasteiger partial charge in [-0.2, -0.15) is 18.3 Å². The fraction of sp³-hybridized carbons (Fsp3) is 0.526. The number of hydrogen-bond donors (Lipinski definition) is 1. The molecule has 1 heterocycles. The van der Waals surface area contributed by atoms with E-state index in [1.54, 1.807) is 13.0 Å². The summed E-state index contributed by atoms with van der Waals surface area (Å²) in [5, 5.41) is 5.61. The maximum absolute atomic E-state index is 11.9. The summed E-state index contributed by atoms with van der Waals surface area (Å²) in [5.74, 6) is -2.55. The second-order valence-corrected chi connectivity index (χ2v) is 6.61. The first-order valence-electron chi connectivity index (χ1n) is 9.28. The van der Waals surface area contributed by atoms with E-state index in [1.807, 2.05) is 16.9 Å². The molecule has 0 saturated heterocycles. The van der Waals surface area contributed by atoms with Crippen molar-refractivity contribution in [3.05, 3.63) is 23.9 Å². The Balaban J connectivity index is 0.000000321. The van der Waals surface area contributed by atoms with E-state index in [1.165, 1.54) is 32.1 Å². The molecule has 0 unspecified atom stereocenters. The third-order valence-electron chi connectivity index (χ3n) is 4.55. The van der Waals surface area contributed by atoms with Crippen LogP contribution in [0.15, 0.2) is 18.3 Å². The van der Waals surface area contributed by atoms with Crippen molar-refractivity contribution in [2.45, 2.75) is 51.2 Å². The fourth-order valence-electron chi connectivity index (χ4n) is 3.14. The molecule has 0 atom stereocenters. The molecule has 1 aliphatic carbocycles. The predicted molar refractivity (Wildman–Crippen MR) is 100 cm³/mol. The molecule has 1 aromatic carbocycles. The van der Waals surface area contributed by atoms with Crippen molar-refractivity contribution in [2.75, 3.05) is 19.5 Å². The molecule has 0 radical (unpaired) electrons. The van der Waals surface area contributed by atoms with Crippen molar-refractivity contribution < 1.29 is 32.2 Å². The van der Waals surface area contributed by atoms with Crippen molar-refractivity contribution in [2.24, 2.45) is 0 Å². The van der Waals surface area contributed by atoms with Crippen LogP contribution in [0, 0.1) is 0 Å². The maximum Gasteiger partial charge on any atom is 0.490 e. The molecule has 1 aliphatic rings. The Bertz CT molecular complexity index is 858. The van der Waals surface area contributed by atoms with Gasteiger partial charge in [-0.15, -0.1) is 0 Å². The van der Waals surface area contributed by atoms with Gasteiger partial charge in [-0.25, -0.2) is 9.59 Å². The molecule has 10 heteroatoms. The fourth-order valence-corrected chi connectivity index (χ4v) is 3.14. The van der Waals surface area contributed by atoms with Gasteiger partial charge >= 0.3 is 18.1 Å². The standard InChI is InChI=1S/C16H21N3O2.C3H3F3O2/c1-2-21-16(20)13-9-15-11(8-14(13)17)10-19(18-15)12-6-4-3-5-7-12;1-8-2(7)3(4,5)6/h8-10,12H,2-7,17H2,1H3;1H3. The van der Waals surface area contributed by atoms with E-state index in [-0.39, 0.29) is 5.97 Å². The van der Waals surface area contributed by atoms with Gasteiger partial charge in [0.2, 0.25) is 0 Å². The zero-order valence-corrected chi connectivity index (χ0v) is 16.3. The van der Waals surface area contributed by atoms with Gasteiger partial charge in [-0.05, 0) is 31.9 Å². The number of nitrogens with zero attached hydrogens (tertiary/aromatic N) is 2. The molecule has 1 fully saturated rings. The van der Waals surface area contributed by atoms with E-state index in [0.717, 1.165) is 10.9 Å². The number of alkyl halides is 3. The second-order valence-electron chi connectivity index (χ2n) is 6.61. The van der Waals surface area contributed by atoms with Crippen LogP contribution in [0.2, 0.25) is 0 Å². The lowest BCUT2D eigenvalue weighted by Crippen LogP contribution is -2.23. The van der Waals surface area contributed by atoms with E-state index in [4.69, 9.17) is 10.5 Å². The SMILES string of the molecule is CCOC(=O)c1cc2nn(C3CCCCC3)cc2cc1N.COC(=O)C(F)(F)F. The summed E-state index contributed by atoms with van der Waals surface area (Å²) in [4.78, 5) is 21.4. The molecule has 160 valence electrons. The lowest BCUT2D eigenvalue weighted by molar-refractivity contribution is -0.196. The average molecular weight is 415 g/mol. The minimum absolute atomic E-state index is 0.340. The summed E-state index contributed by atoms with van der Waals surface area (Å²) in [6.45, 7) is 2.12. The molecule has 7 nitrogen and oxygen atoms in total. The monoisotopic (exact) mass is 415 g/mol. The summed E-state index contributed by atoms with van der Waals surface area (Å²) in [5.41, 5.74) is 7.62. The van der Waals surface area contributed by atoms with Gasteiger partial charge in [-0.1, -0.05) is 19.3 Å². The Morgan fingerprint density at radius 3 is 2.41 bits per heavy atom. The zero-order valence-electron chi connectivity index (χ0n) is 16.3. The highest BCUT2D eigenvalue weighted by molar-refractivity contribution is 6.00. The molecule has 0 amide bonds. The number of rotatable bonds is 3. The second kappa shape index (κ2) is 9.62. The molecule has 0 spiro atoms. The van der Waals surface area contributed by atoms with Gasteiger partial charge in [0.1, 0.15) is 0 Å². The Hall–Kier alpha value is -2.78. The van der Waals surface area contributed by atoms with Crippen LogP contribution >= 0.6 is 0 Å². The number of carbonyl (C=O) groups excluding carboxylic acids is 2. The average Bonchev–Trinajstić information content (AvgIpc) is 3.10. The Morgan fingerprint density at radius 1 is 1.24 bits per heavy atom. The third-order valence-corrected chi connectivity index (χ3v) is 4.55. The van der Waals surface area contributed by atoms with E-state index in [9.17, 15) is 22.8 Å². The van der Waals surface area contributed by atoms with E-state index in [0.29, 0.717) is 31.0 Å². The molecule has 0 aliphatic heterocycles. The number of esters is 2. The summed E-state index contributed by atoms with van der Waals surface area (Å²) >= 11 is 0. The number of anilines is 1. The molecular weight excluding hydrogens is 391 g/mol. The highest BCUT2D eigenvalue weighted by Gasteiger charge is 2.40. The molecule has 2 N–H and O–H groups in total. The maximum atomic E-state index is 11.9. The van der Waals surface area contributed by atoms with Gasteiger partial charge in [0, 0.05) is 17.3 Å². The molecule has 0 bridgehead atoms. The molecule has 29 heavy (non-hydrogen) atoms. The van der Waals surface area contributed by atoms with Crippen LogP contribution in [0.3, 0.4) is 0 Å². The Labute approximate surface area is 165 Å². The van der Waals surface area contributed by atoms with Crippen molar-refractivity contribution in [3.8, 4) is 0 Å². The lowest BCUT2D eigenvalue weighted by atomic mass is 9.96. The number of aromatic nitrogens is 2. The highest BCUT2D eigenvalue weighted by Crippen LogP contribution is 2.30. The first kappa shape index (κ1) is 22.5. The largest absolute Gasteiger partial charge is 0.490 e. The van der Waals surface area contributed by atoms with Crippen LogP contribution in [0.25, 0.3) is 10.9 Å². The quantitative estimate of drug-likeness (QED) is 0.601. The highest BCUT2D eigenvalue weighted by atomic mass is 19.4. The number of nitrogen functional groups attached to an aromatic ring is 1. The van der Waals surface area contributed by atoms with Crippen LogP contribution in [0.1, 0.15) is 55.4 Å². The predicted octanol–water partition coefficient (Wildman–Crippen LogP) is 4.02. The first-order valence-corrected chi connectivity index (χ1v) is 9.28. The number of fused-ring (bicyclic) bond motifs is 1. The molecular formula is C19H24F3N3O4. The van der Waals surface area contributed by atoms with Crippen LogP contribution in [-0.4, -0.2) is 41.6 Å². The van der Waals surface area contributed by atoms with Crippen molar-refractivity contribution in [3.63, 3.8) is 0 Å². The summed E-state index contributed by atoms with van der Waals surface area (Å²) < 4.78 is 43.3. The van der Waals surface area contributed by atoms with Crippen molar-refractivity contribution in [1.82, 2.24) is 9.78 Å². The molecule has 2 aromatic rings. The van der Waals surface area contributed by atoms with E-state index in [2.05, 4.69) is 9.84 Å². The minimum atomic E-state index is -4.85. The minimum Gasteiger partial charge on any atom is -0.462 e. The van der Waals surface area contributed by atoms with Crippen LogP contribution < -0.4 is 5.73 Å². The number of carbonyl (C=O) groups is 2. The lowest BCUT2D eigenvalue weighted by Gasteiger charge is -2.21. The third kappa shape index (κ3) is 5.85. The molecule has 1 aromatic heterocycles. The topological polar surface area (TPSA) is 96.4 Å². The van der Waals surface area contributed by atoms with Crippen LogP contribution in [0.5, 0.6) is 0 Å². The number of hydrogen-bond acceptors (Lipinski definition) is 6. The van der Waals surface area contributed by atoms with Crippen molar-refractivity contribution in [1.29, 1.82) is 0 Å². The first-order chi connectivity index (χ1) is 13.7. The van der Waals surface area contributed by atoms with Crippen LogP contribution in [0.4, 0.5) is 18.9 Å². The van der Waals surface area contributed by atoms with Gasteiger partial charge in [0.25, 0.3) is 0 Å². The summed E-state index contributed by atoms with van der Waals surface area (Å²) in [7, 11) is 0.676. The van der Waals surface area contributed by atoms with Gasteiger partial charge in [-0.3, -0.25) is 4.68 Å². The molecule has 1 saturated carbocycles. The Kier molecular flexibility index (Phi) is 7.46. The van der Waals surface area contributed by atoms with Crippen LogP contribution in [-0.2, 0) is 14.3 Å². The Morgan fingerprint density at radius 2 is 1.90 bits per heavy atom. The van der Waals surface area contributed by atoms with Crippen molar-refractivity contribution >= 4 is 28.5 Å². The van der Waals surface area contributed by atoms with Gasteiger partial charge in [0.05, 0.1) is 30.8 Å². The van der Waals surface area contributed by atoms with Gasteiger partial charge in [0.15, 0.2) is 0 Å². The summed E-state index contributed by atoms with van der Waals surface area (Å²) in [6.07, 6.45) is 3.37.